The first-order valence-corrected chi connectivity index (χ1v) is 4.84. The molecule has 0 saturated carbocycles. The Labute approximate surface area is 92.4 Å². The van der Waals surface area contributed by atoms with Crippen LogP contribution in [0.5, 0.6) is 0 Å². The number of pyridine rings is 1. The zero-order valence-corrected chi connectivity index (χ0v) is 8.79. The molecule has 2 rings (SSSR count). The molecule has 2 aromatic heterocycles. The van der Waals surface area contributed by atoms with Crippen LogP contribution >= 0.6 is 0 Å². The summed E-state index contributed by atoms with van der Waals surface area (Å²) >= 11 is 0. The number of hydrogen-bond donors (Lipinski definition) is 1. The van der Waals surface area contributed by atoms with Gasteiger partial charge in [0.15, 0.2) is 5.69 Å². The van der Waals surface area contributed by atoms with Crippen molar-refractivity contribution in [1.29, 1.82) is 0 Å². The molecule has 5 nitrogen and oxygen atoms in total. The van der Waals surface area contributed by atoms with Gasteiger partial charge in [-0.05, 0) is 19.1 Å². The molecule has 2 aromatic rings. The van der Waals surface area contributed by atoms with Crippen LogP contribution in [0.1, 0.15) is 21.7 Å². The summed E-state index contributed by atoms with van der Waals surface area (Å²) in [7, 11) is 0. The molecule has 0 atom stereocenters. The van der Waals surface area contributed by atoms with Crippen LogP contribution in [-0.2, 0) is 6.54 Å². The molecule has 2 heterocycles. The number of aryl methyl sites for hydroxylation is 1. The topological polar surface area (TPSA) is 68.0 Å². The second-order valence-corrected chi connectivity index (χ2v) is 3.47. The van der Waals surface area contributed by atoms with Gasteiger partial charge < -0.3 is 5.11 Å². The predicted molar refractivity (Wildman–Crippen MR) is 57.3 cm³/mol. The van der Waals surface area contributed by atoms with E-state index < -0.39 is 5.97 Å². The number of carboxylic acids is 1. The van der Waals surface area contributed by atoms with Crippen LogP contribution in [0, 0.1) is 6.92 Å². The van der Waals surface area contributed by atoms with E-state index in [1.807, 2.05) is 19.2 Å². The highest BCUT2D eigenvalue weighted by molar-refractivity contribution is 5.86. The number of aromatic carboxylic acids is 1. The maximum absolute atomic E-state index is 10.9. The lowest BCUT2D eigenvalue weighted by Gasteiger charge is -2.04. The minimum atomic E-state index is -1.01. The molecule has 5 heteroatoms. The van der Waals surface area contributed by atoms with Crippen LogP contribution in [0.2, 0.25) is 0 Å². The van der Waals surface area contributed by atoms with E-state index in [0.29, 0.717) is 12.1 Å². The maximum Gasteiger partial charge on any atom is 0.354 e. The van der Waals surface area contributed by atoms with Gasteiger partial charge in [-0.3, -0.25) is 4.68 Å². The smallest absolute Gasteiger partial charge is 0.354 e. The van der Waals surface area contributed by atoms with Crippen molar-refractivity contribution < 1.29 is 9.90 Å². The standard InChI is InChI=1S/C11H11N3O2/c1-8-4-6-14(13-8)7-9-3-2-5-12-10(9)11(15)16/h2-6H,7H2,1H3,(H,15,16). The van der Waals surface area contributed by atoms with Gasteiger partial charge in [0.2, 0.25) is 0 Å². The highest BCUT2D eigenvalue weighted by atomic mass is 16.4. The van der Waals surface area contributed by atoms with Crippen molar-refractivity contribution in [2.75, 3.05) is 0 Å². The van der Waals surface area contributed by atoms with Crippen molar-refractivity contribution in [3.63, 3.8) is 0 Å². The van der Waals surface area contributed by atoms with Crippen LogP contribution in [0.4, 0.5) is 0 Å². The minimum absolute atomic E-state index is 0.0793. The van der Waals surface area contributed by atoms with E-state index in [4.69, 9.17) is 5.11 Å². The van der Waals surface area contributed by atoms with Crippen LogP contribution in [-0.4, -0.2) is 25.8 Å². The zero-order valence-electron chi connectivity index (χ0n) is 8.79. The lowest BCUT2D eigenvalue weighted by molar-refractivity contribution is 0.0689. The Bertz CT molecular complexity index is 519. The van der Waals surface area contributed by atoms with Crippen molar-refractivity contribution in [3.8, 4) is 0 Å². The zero-order chi connectivity index (χ0) is 11.5. The summed E-state index contributed by atoms with van der Waals surface area (Å²) in [6, 6.07) is 5.34. The van der Waals surface area contributed by atoms with Gasteiger partial charge in [-0.25, -0.2) is 9.78 Å². The van der Waals surface area contributed by atoms with Crippen molar-refractivity contribution in [1.82, 2.24) is 14.8 Å². The Kier molecular flexibility index (Phi) is 2.68. The minimum Gasteiger partial charge on any atom is -0.477 e. The van der Waals surface area contributed by atoms with Crippen LogP contribution in [0.3, 0.4) is 0 Å². The molecule has 82 valence electrons. The molecule has 16 heavy (non-hydrogen) atoms. The molecule has 0 aromatic carbocycles. The van der Waals surface area contributed by atoms with E-state index in [2.05, 4.69) is 10.1 Å². The van der Waals surface area contributed by atoms with Gasteiger partial charge in [-0.1, -0.05) is 6.07 Å². The summed E-state index contributed by atoms with van der Waals surface area (Å²) in [5, 5.41) is 13.2. The first kappa shape index (κ1) is 10.4. The summed E-state index contributed by atoms with van der Waals surface area (Å²) in [4.78, 5) is 14.8. The molecular weight excluding hydrogens is 206 g/mol. The quantitative estimate of drug-likeness (QED) is 0.842. The van der Waals surface area contributed by atoms with E-state index >= 15 is 0 Å². The highest BCUT2D eigenvalue weighted by Crippen LogP contribution is 2.07. The average molecular weight is 217 g/mol. The van der Waals surface area contributed by atoms with Crippen LogP contribution in [0.25, 0.3) is 0 Å². The first-order chi connectivity index (χ1) is 7.66. The molecule has 0 unspecified atom stereocenters. The molecule has 0 aliphatic rings. The van der Waals surface area contributed by atoms with Gasteiger partial charge in [-0.2, -0.15) is 5.10 Å². The normalized spacial score (nSPS) is 10.3. The fourth-order valence-corrected chi connectivity index (χ4v) is 1.48. The summed E-state index contributed by atoms with van der Waals surface area (Å²) in [5.74, 6) is -1.01. The van der Waals surface area contributed by atoms with Gasteiger partial charge in [0.25, 0.3) is 0 Å². The van der Waals surface area contributed by atoms with Crippen LogP contribution < -0.4 is 0 Å². The third-order valence-electron chi connectivity index (χ3n) is 2.20. The van der Waals surface area contributed by atoms with Crippen LogP contribution in [0.15, 0.2) is 30.6 Å². The van der Waals surface area contributed by atoms with Gasteiger partial charge in [0.1, 0.15) is 0 Å². The average Bonchev–Trinajstić information content (AvgIpc) is 2.64. The molecular formula is C11H11N3O2. The number of carbonyl (C=O) groups is 1. The number of carboxylic acid groups (broad SMARTS) is 1. The fourth-order valence-electron chi connectivity index (χ4n) is 1.48. The number of nitrogens with zero attached hydrogens (tertiary/aromatic N) is 3. The Morgan fingerprint density at radius 3 is 2.94 bits per heavy atom. The lowest BCUT2D eigenvalue weighted by Crippen LogP contribution is -2.09. The van der Waals surface area contributed by atoms with Gasteiger partial charge in [-0.15, -0.1) is 0 Å². The predicted octanol–water partition coefficient (Wildman–Crippen LogP) is 1.33. The van der Waals surface area contributed by atoms with Crippen molar-refractivity contribution in [3.05, 3.63) is 47.5 Å². The van der Waals surface area contributed by atoms with Crippen molar-refractivity contribution >= 4 is 5.97 Å². The summed E-state index contributed by atoms with van der Waals surface area (Å²) < 4.78 is 1.69. The largest absolute Gasteiger partial charge is 0.477 e. The maximum atomic E-state index is 10.9. The van der Waals surface area contributed by atoms with E-state index in [-0.39, 0.29) is 5.69 Å². The van der Waals surface area contributed by atoms with Crippen molar-refractivity contribution in [2.45, 2.75) is 13.5 Å². The SMILES string of the molecule is Cc1ccn(Cc2cccnc2C(=O)O)n1. The van der Waals surface area contributed by atoms with E-state index in [1.165, 1.54) is 6.20 Å². The third kappa shape index (κ3) is 2.08. The van der Waals surface area contributed by atoms with Gasteiger partial charge in [0.05, 0.1) is 12.2 Å². The summed E-state index contributed by atoms with van der Waals surface area (Å²) in [6.07, 6.45) is 3.29. The van der Waals surface area contributed by atoms with E-state index in [0.717, 1.165) is 5.69 Å². The number of rotatable bonds is 3. The Hall–Kier alpha value is -2.17. The molecule has 0 aliphatic heterocycles. The summed E-state index contributed by atoms with van der Waals surface area (Å²) in [6.45, 7) is 2.31. The lowest BCUT2D eigenvalue weighted by atomic mass is 10.2. The molecule has 0 saturated heterocycles. The fraction of sp³-hybridized carbons (Fsp3) is 0.182. The molecule has 0 spiro atoms. The molecule has 1 N–H and O–H groups in total. The molecule has 0 radical (unpaired) electrons. The number of aromatic nitrogens is 3. The molecule has 0 amide bonds. The molecule has 0 aliphatic carbocycles. The summed E-state index contributed by atoms with van der Waals surface area (Å²) in [5.41, 5.74) is 1.63. The van der Waals surface area contributed by atoms with E-state index in [9.17, 15) is 4.79 Å². The van der Waals surface area contributed by atoms with E-state index in [1.54, 1.807) is 16.8 Å². The third-order valence-corrected chi connectivity index (χ3v) is 2.20. The Morgan fingerprint density at radius 1 is 1.50 bits per heavy atom. The Balaban J connectivity index is 2.31. The second-order valence-electron chi connectivity index (χ2n) is 3.47. The molecule has 0 fully saturated rings. The Morgan fingerprint density at radius 2 is 2.31 bits per heavy atom. The van der Waals surface area contributed by atoms with Crippen molar-refractivity contribution in [2.24, 2.45) is 0 Å². The first-order valence-electron chi connectivity index (χ1n) is 4.84. The van der Waals surface area contributed by atoms with Gasteiger partial charge >= 0.3 is 5.97 Å². The number of hydrogen-bond acceptors (Lipinski definition) is 3. The monoisotopic (exact) mass is 217 g/mol. The second kappa shape index (κ2) is 4.14. The highest BCUT2D eigenvalue weighted by Gasteiger charge is 2.11. The van der Waals surface area contributed by atoms with Gasteiger partial charge in [0, 0.05) is 18.0 Å². The molecule has 0 bridgehead atoms.